The molecule has 0 bridgehead atoms. The molecule has 0 amide bonds. The molecule has 0 spiro atoms. The minimum absolute atomic E-state index is 0.704. The number of aryl methyl sites for hydroxylation is 1. The van der Waals surface area contributed by atoms with Crippen LogP contribution in [0, 0.1) is 11.8 Å². The first-order valence-electron chi connectivity index (χ1n) is 6.73. The third-order valence-corrected chi connectivity index (χ3v) is 4.56. The lowest BCUT2D eigenvalue weighted by atomic mass is 9.95. The van der Waals surface area contributed by atoms with E-state index in [1.54, 1.807) is 0 Å². The van der Waals surface area contributed by atoms with Crippen LogP contribution >= 0.6 is 0 Å². The number of hydrogen-bond donors (Lipinski definition) is 1. The highest BCUT2D eigenvalue weighted by Gasteiger charge is 2.41. The van der Waals surface area contributed by atoms with Crippen LogP contribution < -0.4 is 5.32 Å². The summed E-state index contributed by atoms with van der Waals surface area (Å²) in [6.07, 6.45) is 3.96. The summed E-state index contributed by atoms with van der Waals surface area (Å²) in [5, 5.41) is 3.51. The van der Waals surface area contributed by atoms with Gasteiger partial charge in [-0.25, -0.2) is 4.98 Å². The van der Waals surface area contributed by atoms with E-state index in [2.05, 4.69) is 33.6 Å². The molecule has 1 aromatic rings. The average molecular weight is 234 g/mol. The monoisotopic (exact) mass is 234 g/mol. The van der Waals surface area contributed by atoms with Crippen LogP contribution in [0.1, 0.15) is 19.5 Å². The SMILES string of the molecule is CCn1cncc1CN1CC2CNCC2C1C. The molecule has 0 radical (unpaired) electrons. The second-order valence-corrected chi connectivity index (χ2v) is 5.42. The predicted molar refractivity (Wildman–Crippen MR) is 67.6 cm³/mol. The fraction of sp³-hybridized carbons (Fsp3) is 0.769. The highest BCUT2D eigenvalue weighted by Crippen LogP contribution is 2.33. The zero-order valence-corrected chi connectivity index (χ0v) is 10.8. The molecule has 0 aromatic carbocycles. The zero-order valence-electron chi connectivity index (χ0n) is 10.8. The second kappa shape index (κ2) is 4.42. The lowest BCUT2D eigenvalue weighted by Crippen LogP contribution is -2.33. The molecule has 4 nitrogen and oxygen atoms in total. The largest absolute Gasteiger partial charge is 0.334 e. The van der Waals surface area contributed by atoms with Gasteiger partial charge in [-0.05, 0) is 38.8 Å². The standard InChI is InChI=1S/C13H22N4/c1-3-16-9-15-5-12(16)8-17-7-11-4-14-6-13(11)10(17)2/h5,9-11,13-14H,3-4,6-8H2,1-2H3. The molecule has 0 aliphatic carbocycles. The van der Waals surface area contributed by atoms with E-state index in [1.807, 2.05) is 12.5 Å². The molecule has 0 saturated carbocycles. The van der Waals surface area contributed by atoms with Gasteiger partial charge in [-0.1, -0.05) is 0 Å². The number of rotatable bonds is 3. The van der Waals surface area contributed by atoms with Crippen molar-refractivity contribution >= 4 is 0 Å². The number of fused-ring (bicyclic) bond motifs is 1. The van der Waals surface area contributed by atoms with Crippen molar-refractivity contribution in [1.29, 1.82) is 0 Å². The Labute approximate surface area is 103 Å². The molecule has 2 aliphatic rings. The molecule has 1 N–H and O–H groups in total. The molecule has 2 aliphatic heterocycles. The van der Waals surface area contributed by atoms with Crippen LogP contribution in [0.4, 0.5) is 0 Å². The minimum Gasteiger partial charge on any atom is -0.334 e. The van der Waals surface area contributed by atoms with Crippen molar-refractivity contribution in [3.63, 3.8) is 0 Å². The fourth-order valence-electron chi connectivity index (χ4n) is 3.44. The Morgan fingerprint density at radius 3 is 3.12 bits per heavy atom. The summed E-state index contributed by atoms with van der Waals surface area (Å²) < 4.78 is 2.25. The number of nitrogens with zero attached hydrogens (tertiary/aromatic N) is 3. The van der Waals surface area contributed by atoms with Gasteiger partial charge >= 0.3 is 0 Å². The highest BCUT2D eigenvalue weighted by atomic mass is 15.2. The third-order valence-electron chi connectivity index (χ3n) is 4.56. The zero-order chi connectivity index (χ0) is 11.8. The summed E-state index contributed by atoms with van der Waals surface area (Å²) in [5.41, 5.74) is 1.35. The lowest BCUT2D eigenvalue weighted by molar-refractivity contribution is 0.226. The highest BCUT2D eigenvalue weighted by molar-refractivity contribution is 5.03. The third kappa shape index (κ3) is 1.89. The first kappa shape index (κ1) is 11.2. The Balaban J connectivity index is 1.70. The molecule has 4 heteroatoms. The maximum Gasteiger partial charge on any atom is 0.0948 e. The van der Waals surface area contributed by atoms with Crippen LogP contribution in [0.25, 0.3) is 0 Å². The number of imidazole rings is 1. The van der Waals surface area contributed by atoms with Gasteiger partial charge in [0.15, 0.2) is 0 Å². The van der Waals surface area contributed by atoms with Crippen LogP contribution in [0.2, 0.25) is 0 Å². The van der Waals surface area contributed by atoms with Crippen LogP contribution in [0.3, 0.4) is 0 Å². The maximum atomic E-state index is 4.26. The first-order chi connectivity index (χ1) is 8.29. The fourth-order valence-corrected chi connectivity index (χ4v) is 3.44. The van der Waals surface area contributed by atoms with Gasteiger partial charge in [-0.3, -0.25) is 4.90 Å². The molecule has 17 heavy (non-hydrogen) atoms. The van der Waals surface area contributed by atoms with Gasteiger partial charge in [0.05, 0.1) is 12.0 Å². The van der Waals surface area contributed by atoms with Gasteiger partial charge < -0.3 is 9.88 Å². The molecule has 3 unspecified atom stereocenters. The number of aromatic nitrogens is 2. The summed E-state index contributed by atoms with van der Waals surface area (Å²) in [6.45, 7) is 10.3. The molecule has 2 fully saturated rings. The quantitative estimate of drug-likeness (QED) is 0.845. The predicted octanol–water partition coefficient (Wildman–Crippen LogP) is 0.943. The van der Waals surface area contributed by atoms with Gasteiger partial charge in [-0.2, -0.15) is 0 Å². The molecule has 3 rings (SSSR count). The number of hydrogen-bond acceptors (Lipinski definition) is 3. The van der Waals surface area contributed by atoms with E-state index in [0.29, 0.717) is 6.04 Å². The van der Waals surface area contributed by atoms with E-state index in [9.17, 15) is 0 Å². The molecule has 3 heterocycles. The van der Waals surface area contributed by atoms with Crippen molar-refractivity contribution in [3.05, 3.63) is 18.2 Å². The summed E-state index contributed by atoms with van der Waals surface area (Å²) in [7, 11) is 0. The summed E-state index contributed by atoms with van der Waals surface area (Å²) >= 11 is 0. The van der Waals surface area contributed by atoms with Crippen molar-refractivity contribution in [2.24, 2.45) is 11.8 Å². The Bertz CT molecular complexity index is 387. The lowest BCUT2D eigenvalue weighted by Gasteiger charge is -2.24. The van der Waals surface area contributed by atoms with Crippen LogP contribution in [-0.4, -0.2) is 40.1 Å². The van der Waals surface area contributed by atoms with Crippen LogP contribution in [0.15, 0.2) is 12.5 Å². The topological polar surface area (TPSA) is 33.1 Å². The van der Waals surface area contributed by atoms with Gasteiger partial charge in [0.1, 0.15) is 0 Å². The van der Waals surface area contributed by atoms with Gasteiger partial charge in [0.25, 0.3) is 0 Å². The summed E-state index contributed by atoms with van der Waals surface area (Å²) in [4.78, 5) is 6.88. The van der Waals surface area contributed by atoms with Crippen LogP contribution in [0.5, 0.6) is 0 Å². The van der Waals surface area contributed by atoms with E-state index >= 15 is 0 Å². The Kier molecular flexibility index (Phi) is 2.92. The van der Waals surface area contributed by atoms with E-state index in [0.717, 1.165) is 24.9 Å². The van der Waals surface area contributed by atoms with E-state index < -0.39 is 0 Å². The second-order valence-electron chi connectivity index (χ2n) is 5.42. The molecule has 2 saturated heterocycles. The van der Waals surface area contributed by atoms with Gasteiger partial charge in [0, 0.05) is 31.9 Å². The Morgan fingerprint density at radius 1 is 1.47 bits per heavy atom. The van der Waals surface area contributed by atoms with Gasteiger partial charge in [0.2, 0.25) is 0 Å². The Morgan fingerprint density at radius 2 is 2.35 bits per heavy atom. The summed E-state index contributed by atoms with van der Waals surface area (Å²) in [5.74, 6) is 1.72. The normalized spacial score (nSPS) is 33.2. The van der Waals surface area contributed by atoms with E-state index in [1.165, 1.54) is 25.3 Å². The molecular formula is C13H22N4. The van der Waals surface area contributed by atoms with Crippen molar-refractivity contribution < 1.29 is 0 Å². The Hall–Kier alpha value is -0.870. The van der Waals surface area contributed by atoms with E-state index in [-0.39, 0.29) is 0 Å². The minimum atomic E-state index is 0.704. The molecule has 94 valence electrons. The summed E-state index contributed by atoms with van der Waals surface area (Å²) in [6, 6.07) is 0.704. The number of nitrogens with one attached hydrogen (secondary N) is 1. The van der Waals surface area contributed by atoms with Crippen molar-refractivity contribution in [3.8, 4) is 0 Å². The maximum absolute atomic E-state index is 4.26. The van der Waals surface area contributed by atoms with Crippen molar-refractivity contribution in [2.45, 2.75) is 33.0 Å². The molecular weight excluding hydrogens is 212 g/mol. The molecule has 1 aromatic heterocycles. The number of likely N-dealkylation sites (tertiary alicyclic amines) is 1. The smallest absolute Gasteiger partial charge is 0.0948 e. The molecule has 3 atom stereocenters. The first-order valence-corrected chi connectivity index (χ1v) is 6.73. The van der Waals surface area contributed by atoms with Crippen molar-refractivity contribution in [2.75, 3.05) is 19.6 Å². The van der Waals surface area contributed by atoms with Gasteiger partial charge in [-0.15, -0.1) is 0 Å². The van der Waals surface area contributed by atoms with Crippen LogP contribution in [-0.2, 0) is 13.1 Å². The van der Waals surface area contributed by atoms with Crippen molar-refractivity contribution in [1.82, 2.24) is 19.8 Å². The average Bonchev–Trinajstić information content (AvgIpc) is 2.99. The van der Waals surface area contributed by atoms with E-state index in [4.69, 9.17) is 0 Å².